The lowest BCUT2D eigenvalue weighted by molar-refractivity contribution is 0.101. The topological polar surface area (TPSA) is 63.2 Å². The Bertz CT molecular complexity index is 835. The molecule has 0 heterocycles. The molecule has 0 saturated heterocycles. The lowest BCUT2D eigenvalue weighted by Gasteiger charge is -2.08. The quantitative estimate of drug-likeness (QED) is 0.823. The highest BCUT2D eigenvalue weighted by molar-refractivity contribution is 7.89. The van der Waals surface area contributed by atoms with Crippen molar-refractivity contribution in [3.05, 3.63) is 65.2 Å². The zero-order chi connectivity index (χ0) is 17.0. The van der Waals surface area contributed by atoms with Gasteiger partial charge in [-0.3, -0.25) is 4.79 Å². The zero-order valence-corrected chi connectivity index (χ0v) is 13.2. The van der Waals surface area contributed by atoms with Crippen LogP contribution in [0.25, 0.3) is 0 Å². The number of carbonyl (C=O) groups excluding carboxylic acids is 1. The van der Waals surface area contributed by atoms with E-state index in [1.165, 1.54) is 31.2 Å². The van der Waals surface area contributed by atoms with Gasteiger partial charge < -0.3 is 0 Å². The van der Waals surface area contributed by atoms with Crippen LogP contribution in [0.5, 0.6) is 0 Å². The summed E-state index contributed by atoms with van der Waals surface area (Å²) in [6.07, 6.45) is 0.00915. The minimum Gasteiger partial charge on any atom is -0.295 e. The van der Waals surface area contributed by atoms with Gasteiger partial charge in [0.25, 0.3) is 0 Å². The first kappa shape index (κ1) is 17.2. The summed E-state index contributed by atoms with van der Waals surface area (Å²) in [5.41, 5.74) is 0.370. The Morgan fingerprint density at radius 1 is 1.13 bits per heavy atom. The monoisotopic (exact) mass is 339 g/mol. The molecule has 0 radical (unpaired) electrons. The maximum atomic E-state index is 13.5. The lowest BCUT2D eigenvalue weighted by atomic mass is 10.1. The summed E-state index contributed by atoms with van der Waals surface area (Å²) in [4.78, 5) is 11.2. The largest absolute Gasteiger partial charge is 0.295 e. The second-order valence-corrected chi connectivity index (χ2v) is 6.73. The van der Waals surface area contributed by atoms with Gasteiger partial charge in [0.2, 0.25) is 10.0 Å². The molecule has 0 aliphatic carbocycles. The fourth-order valence-electron chi connectivity index (χ4n) is 2.02. The number of rotatable bonds is 6. The third-order valence-electron chi connectivity index (χ3n) is 3.25. The van der Waals surface area contributed by atoms with Crippen LogP contribution in [-0.2, 0) is 16.4 Å². The molecule has 4 nitrogen and oxygen atoms in total. The third-order valence-corrected chi connectivity index (χ3v) is 4.70. The van der Waals surface area contributed by atoms with Gasteiger partial charge in [-0.15, -0.1) is 0 Å². The summed E-state index contributed by atoms with van der Waals surface area (Å²) in [7, 11) is -3.83. The molecule has 0 aromatic heterocycles. The molecule has 0 fully saturated rings. The number of Topliss-reactive ketones (excluding diaryl/α,β-unsaturated/α-hetero) is 1. The zero-order valence-electron chi connectivity index (χ0n) is 12.3. The Morgan fingerprint density at radius 3 is 2.57 bits per heavy atom. The number of benzene rings is 2. The van der Waals surface area contributed by atoms with E-state index in [1.54, 1.807) is 0 Å². The molecule has 2 aromatic rings. The van der Waals surface area contributed by atoms with Crippen LogP contribution in [0.3, 0.4) is 0 Å². The Morgan fingerprint density at radius 2 is 1.87 bits per heavy atom. The summed E-state index contributed by atoms with van der Waals surface area (Å²) >= 11 is 0. The van der Waals surface area contributed by atoms with Gasteiger partial charge >= 0.3 is 0 Å². The average Bonchev–Trinajstić information content (AvgIpc) is 2.50. The predicted octanol–water partition coefficient (Wildman–Crippen LogP) is 2.69. The summed E-state index contributed by atoms with van der Waals surface area (Å²) in [5, 5.41) is 0. The maximum absolute atomic E-state index is 13.5. The Kier molecular flexibility index (Phi) is 5.23. The molecule has 0 aliphatic rings. The van der Waals surface area contributed by atoms with Crippen LogP contribution in [0.2, 0.25) is 0 Å². The minimum absolute atomic E-state index is 0.00915. The van der Waals surface area contributed by atoms with Crippen molar-refractivity contribution < 1.29 is 22.0 Å². The lowest BCUT2D eigenvalue weighted by Crippen LogP contribution is -2.26. The van der Waals surface area contributed by atoms with Crippen LogP contribution < -0.4 is 4.72 Å². The van der Waals surface area contributed by atoms with E-state index in [2.05, 4.69) is 4.72 Å². The minimum atomic E-state index is -3.83. The van der Waals surface area contributed by atoms with Crippen molar-refractivity contribution >= 4 is 15.8 Å². The van der Waals surface area contributed by atoms with Crippen LogP contribution in [0.1, 0.15) is 22.8 Å². The average molecular weight is 339 g/mol. The van der Waals surface area contributed by atoms with E-state index in [0.29, 0.717) is 0 Å². The van der Waals surface area contributed by atoms with Crippen molar-refractivity contribution in [2.75, 3.05) is 6.54 Å². The van der Waals surface area contributed by atoms with Gasteiger partial charge in [-0.05, 0) is 49.2 Å². The number of carbonyl (C=O) groups is 1. The van der Waals surface area contributed by atoms with Crippen molar-refractivity contribution in [2.45, 2.75) is 18.2 Å². The first-order valence-corrected chi connectivity index (χ1v) is 8.32. The van der Waals surface area contributed by atoms with E-state index < -0.39 is 21.7 Å². The first-order chi connectivity index (χ1) is 10.8. The molecule has 0 unspecified atom stereocenters. The molecule has 2 aromatic carbocycles. The highest BCUT2D eigenvalue weighted by Gasteiger charge is 2.15. The molecule has 2 rings (SSSR count). The van der Waals surface area contributed by atoms with E-state index >= 15 is 0 Å². The highest BCUT2D eigenvalue weighted by Crippen LogP contribution is 2.13. The van der Waals surface area contributed by atoms with E-state index in [4.69, 9.17) is 0 Å². The fraction of sp³-hybridized carbons (Fsp3) is 0.188. The van der Waals surface area contributed by atoms with Crippen molar-refractivity contribution in [1.82, 2.24) is 4.72 Å². The second kappa shape index (κ2) is 6.97. The molecular formula is C16H15F2NO3S. The second-order valence-electron chi connectivity index (χ2n) is 4.97. The van der Waals surface area contributed by atoms with Crippen LogP contribution in [0.4, 0.5) is 8.78 Å². The summed E-state index contributed by atoms with van der Waals surface area (Å²) in [5.74, 6) is -1.42. The summed E-state index contributed by atoms with van der Waals surface area (Å²) < 4.78 is 53.2. The van der Waals surface area contributed by atoms with Crippen molar-refractivity contribution in [2.24, 2.45) is 0 Å². The SMILES string of the molecule is CC(=O)c1cccc(S(=O)(=O)NCCc2cc(F)ccc2F)c1. The van der Waals surface area contributed by atoms with E-state index in [0.717, 1.165) is 18.2 Å². The van der Waals surface area contributed by atoms with Gasteiger partial charge in [-0.1, -0.05) is 12.1 Å². The first-order valence-electron chi connectivity index (χ1n) is 6.84. The molecule has 7 heteroatoms. The molecule has 122 valence electrons. The van der Waals surface area contributed by atoms with Crippen LogP contribution >= 0.6 is 0 Å². The van der Waals surface area contributed by atoms with Gasteiger partial charge in [0, 0.05) is 12.1 Å². The van der Waals surface area contributed by atoms with Gasteiger partial charge in [0.1, 0.15) is 11.6 Å². The smallest absolute Gasteiger partial charge is 0.240 e. The van der Waals surface area contributed by atoms with Crippen molar-refractivity contribution in [1.29, 1.82) is 0 Å². The number of sulfonamides is 1. The fourth-order valence-corrected chi connectivity index (χ4v) is 3.10. The van der Waals surface area contributed by atoms with E-state index in [-0.39, 0.29) is 34.8 Å². The molecule has 0 atom stereocenters. The molecular weight excluding hydrogens is 324 g/mol. The number of nitrogens with one attached hydrogen (secondary N) is 1. The standard InChI is InChI=1S/C16H15F2NO3S/c1-11(20)12-3-2-4-15(10-12)23(21,22)19-8-7-13-9-14(17)5-6-16(13)18/h2-6,9-10,19H,7-8H2,1H3. The van der Waals surface area contributed by atoms with Crippen molar-refractivity contribution in [3.63, 3.8) is 0 Å². The highest BCUT2D eigenvalue weighted by atomic mass is 32.2. The van der Waals surface area contributed by atoms with Crippen LogP contribution in [0, 0.1) is 11.6 Å². The summed E-state index contributed by atoms with van der Waals surface area (Å²) in [6, 6.07) is 8.64. The molecule has 0 bridgehead atoms. The normalized spacial score (nSPS) is 11.4. The maximum Gasteiger partial charge on any atom is 0.240 e. The molecule has 0 aliphatic heterocycles. The molecule has 0 saturated carbocycles. The molecule has 0 amide bonds. The van der Waals surface area contributed by atoms with Gasteiger partial charge in [-0.25, -0.2) is 21.9 Å². The van der Waals surface area contributed by atoms with E-state index in [1.807, 2.05) is 0 Å². The number of halogens is 2. The Balaban J connectivity index is 2.08. The Hall–Kier alpha value is -2.12. The number of hydrogen-bond acceptors (Lipinski definition) is 3. The van der Waals surface area contributed by atoms with Gasteiger partial charge in [0.15, 0.2) is 5.78 Å². The van der Waals surface area contributed by atoms with Gasteiger partial charge in [0.05, 0.1) is 4.90 Å². The molecule has 1 N–H and O–H groups in total. The molecule has 0 spiro atoms. The molecule has 23 heavy (non-hydrogen) atoms. The van der Waals surface area contributed by atoms with Crippen molar-refractivity contribution in [3.8, 4) is 0 Å². The van der Waals surface area contributed by atoms with Gasteiger partial charge in [-0.2, -0.15) is 0 Å². The summed E-state index contributed by atoms with van der Waals surface area (Å²) in [6.45, 7) is 1.25. The number of ketones is 1. The van der Waals surface area contributed by atoms with Crippen LogP contribution in [-0.4, -0.2) is 20.7 Å². The van der Waals surface area contributed by atoms with E-state index in [9.17, 15) is 22.0 Å². The Labute approximate surface area is 133 Å². The number of hydrogen-bond donors (Lipinski definition) is 1. The van der Waals surface area contributed by atoms with Crippen LogP contribution in [0.15, 0.2) is 47.4 Å². The third kappa shape index (κ3) is 4.43. The predicted molar refractivity (Wildman–Crippen MR) is 81.7 cm³/mol.